The molecule has 0 unspecified atom stereocenters. The van der Waals surface area contributed by atoms with E-state index in [0.717, 1.165) is 0 Å². The average molecular weight is 291 g/mol. The van der Waals surface area contributed by atoms with Gasteiger partial charge in [-0.1, -0.05) is 6.07 Å². The summed E-state index contributed by atoms with van der Waals surface area (Å²) in [6, 6.07) is 9.66. The van der Waals surface area contributed by atoms with Crippen LogP contribution in [-0.2, 0) is 0 Å². The van der Waals surface area contributed by atoms with E-state index in [-0.39, 0.29) is 0 Å². The molecule has 0 saturated heterocycles. The summed E-state index contributed by atoms with van der Waals surface area (Å²) in [5.74, 6) is -0.427. The van der Waals surface area contributed by atoms with Gasteiger partial charge in [-0.05, 0) is 35.7 Å². The number of rotatable bonds is 5. The predicted molar refractivity (Wildman–Crippen MR) is 75.1 cm³/mol. The minimum Gasteiger partial charge on any atom is -0.497 e. The number of aliphatic hydroxyl groups excluding tert-OH is 1. The molecule has 0 aliphatic heterocycles. The predicted octanol–water partition coefficient (Wildman–Crippen LogP) is 1.69. The smallest absolute Gasteiger partial charge is 0.253 e. The lowest BCUT2D eigenvalue weighted by atomic mass is 10.2. The second-order valence-electron chi connectivity index (χ2n) is 3.95. The third kappa shape index (κ3) is 3.23. The Bertz CT molecular complexity index is 592. The minimum absolute atomic E-state index is 0.337. The Morgan fingerprint density at radius 1 is 1.25 bits per heavy atom. The number of ether oxygens (including phenoxy) is 1. The van der Waals surface area contributed by atoms with Crippen molar-refractivity contribution in [3.05, 3.63) is 52.2 Å². The summed E-state index contributed by atoms with van der Waals surface area (Å²) < 4.78 is 4.98. The number of carbonyl (C=O) groups excluding carboxylic acids is 2. The number of carbonyl (C=O) groups is 2. The fourth-order valence-electron chi connectivity index (χ4n) is 1.57. The third-order valence-corrected chi connectivity index (χ3v) is 3.52. The van der Waals surface area contributed by atoms with Crippen molar-refractivity contribution in [1.82, 2.24) is 5.32 Å². The molecule has 2 N–H and O–H groups in total. The lowest BCUT2D eigenvalue weighted by molar-refractivity contribution is 0.0610. The average Bonchev–Trinajstić information content (AvgIpc) is 3.00. The van der Waals surface area contributed by atoms with Crippen LogP contribution in [0.5, 0.6) is 5.75 Å². The van der Waals surface area contributed by atoms with Crippen LogP contribution in [0.15, 0.2) is 41.8 Å². The SMILES string of the molecule is COc1ccc(C(=O)N[C@H](O)C(=O)c2cccs2)cc1. The number of thiophene rings is 1. The molecule has 0 aliphatic rings. The Hall–Kier alpha value is -2.18. The van der Waals surface area contributed by atoms with Crippen molar-refractivity contribution in [3.63, 3.8) is 0 Å². The Balaban J connectivity index is 2.01. The van der Waals surface area contributed by atoms with Gasteiger partial charge in [0.25, 0.3) is 5.91 Å². The molecule has 0 bridgehead atoms. The topological polar surface area (TPSA) is 75.6 Å². The standard InChI is InChI=1S/C14H13NO4S/c1-19-10-6-4-9(5-7-10)13(17)15-14(18)12(16)11-3-2-8-20-11/h2-8,14,18H,1H3,(H,15,17)/t14-/m1/s1. The van der Waals surface area contributed by atoms with Crippen molar-refractivity contribution in [2.45, 2.75) is 6.23 Å². The number of hydrogen-bond donors (Lipinski definition) is 2. The maximum absolute atomic E-state index is 11.9. The quantitative estimate of drug-likeness (QED) is 0.649. The van der Waals surface area contributed by atoms with E-state index < -0.39 is 17.9 Å². The van der Waals surface area contributed by atoms with Crippen LogP contribution < -0.4 is 10.1 Å². The molecule has 2 aromatic rings. The Kier molecular flexibility index (Phi) is 4.49. The molecule has 1 atom stereocenters. The summed E-state index contributed by atoms with van der Waals surface area (Å²) in [6.45, 7) is 0. The maximum Gasteiger partial charge on any atom is 0.253 e. The molecule has 0 fully saturated rings. The number of Topliss-reactive ketones (excluding diaryl/α,β-unsaturated/α-hetero) is 1. The van der Waals surface area contributed by atoms with Crippen LogP contribution in [-0.4, -0.2) is 30.1 Å². The fraction of sp³-hybridized carbons (Fsp3) is 0.143. The molecule has 2 rings (SSSR count). The van der Waals surface area contributed by atoms with Gasteiger partial charge in [0.1, 0.15) is 5.75 Å². The van der Waals surface area contributed by atoms with Crippen molar-refractivity contribution in [2.75, 3.05) is 7.11 Å². The van der Waals surface area contributed by atoms with Crippen molar-refractivity contribution in [1.29, 1.82) is 0 Å². The monoisotopic (exact) mass is 291 g/mol. The number of amides is 1. The van der Waals surface area contributed by atoms with Crippen LogP contribution in [0.3, 0.4) is 0 Å². The van der Waals surface area contributed by atoms with E-state index in [1.165, 1.54) is 18.4 Å². The van der Waals surface area contributed by atoms with E-state index in [2.05, 4.69) is 5.32 Å². The van der Waals surface area contributed by atoms with E-state index in [0.29, 0.717) is 16.2 Å². The van der Waals surface area contributed by atoms with Crippen LogP contribution in [0.1, 0.15) is 20.0 Å². The van der Waals surface area contributed by atoms with Gasteiger partial charge < -0.3 is 15.2 Å². The van der Waals surface area contributed by atoms with Crippen LogP contribution in [0.2, 0.25) is 0 Å². The second-order valence-corrected chi connectivity index (χ2v) is 4.89. The van der Waals surface area contributed by atoms with Gasteiger partial charge in [0.05, 0.1) is 12.0 Å². The molecule has 1 aromatic heterocycles. The van der Waals surface area contributed by atoms with Crippen LogP contribution >= 0.6 is 11.3 Å². The number of ketones is 1. The molecule has 20 heavy (non-hydrogen) atoms. The first-order valence-electron chi connectivity index (χ1n) is 5.82. The fourth-order valence-corrected chi connectivity index (χ4v) is 2.26. The minimum atomic E-state index is -1.55. The van der Waals surface area contributed by atoms with Gasteiger partial charge in [0.2, 0.25) is 5.78 Å². The zero-order valence-corrected chi connectivity index (χ0v) is 11.5. The van der Waals surface area contributed by atoms with E-state index in [4.69, 9.17) is 4.74 Å². The summed E-state index contributed by atoms with van der Waals surface area (Å²) in [5, 5.41) is 13.7. The number of aliphatic hydroxyl groups is 1. The Labute approximate surface area is 119 Å². The molecule has 5 nitrogen and oxygen atoms in total. The number of methoxy groups -OCH3 is 1. The lowest BCUT2D eigenvalue weighted by Gasteiger charge is -2.11. The highest BCUT2D eigenvalue weighted by Gasteiger charge is 2.20. The van der Waals surface area contributed by atoms with E-state index in [1.54, 1.807) is 41.8 Å². The molecular weight excluding hydrogens is 278 g/mol. The third-order valence-electron chi connectivity index (χ3n) is 2.63. The van der Waals surface area contributed by atoms with E-state index >= 15 is 0 Å². The zero-order chi connectivity index (χ0) is 14.5. The normalized spacial score (nSPS) is 11.7. The zero-order valence-electron chi connectivity index (χ0n) is 10.7. The van der Waals surface area contributed by atoms with Crippen LogP contribution in [0.25, 0.3) is 0 Å². The van der Waals surface area contributed by atoms with Gasteiger partial charge in [0, 0.05) is 5.56 Å². The van der Waals surface area contributed by atoms with Gasteiger partial charge in [-0.3, -0.25) is 9.59 Å². The summed E-state index contributed by atoms with van der Waals surface area (Å²) in [6.07, 6.45) is -1.55. The molecule has 0 radical (unpaired) electrons. The summed E-state index contributed by atoms with van der Waals surface area (Å²) in [5.41, 5.74) is 0.337. The lowest BCUT2D eigenvalue weighted by Crippen LogP contribution is -2.40. The Morgan fingerprint density at radius 2 is 1.95 bits per heavy atom. The van der Waals surface area contributed by atoms with Gasteiger partial charge in [-0.2, -0.15) is 0 Å². The maximum atomic E-state index is 11.9. The molecule has 0 spiro atoms. The summed E-state index contributed by atoms with van der Waals surface area (Å²) in [7, 11) is 1.53. The van der Waals surface area contributed by atoms with Crippen molar-refractivity contribution in [3.8, 4) is 5.75 Å². The second kappa shape index (κ2) is 6.31. The highest BCUT2D eigenvalue weighted by Crippen LogP contribution is 2.13. The molecular formula is C14H13NO4S. The Morgan fingerprint density at radius 3 is 2.50 bits per heavy atom. The van der Waals surface area contributed by atoms with Crippen molar-refractivity contribution < 1.29 is 19.4 Å². The highest BCUT2D eigenvalue weighted by molar-refractivity contribution is 7.12. The van der Waals surface area contributed by atoms with Crippen LogP contribution in [0.4, 0.5) is 0 Å². The number of hydrogen-bond acceptors (Lipinski definition) is 5. The first kappa shape index (κ1) is 14.2. The van der Waals surface area contributed by atoms with Crippen LogP contribution in [0, 0.1) is 0 Å². The number of nitrogens with one attached hydrogen (secondary N) is 1. The number of benzene rings is 1. The molecule has 0 aliphatic carbocycles. The molecule has 0 saturated carbocycles. The molecule has 104 valence electrons. The van der Waals surface area contributed by atoms with E-state index in [9.17, 15) is 14.7 Å². The van der Waals surface area contributed by atoms with Gasteiger partial charge in [0.15, 0.2) is 6.23 Å². The highest BCUT2D eigenvalue weighted by atomic mass is 32.1. The van der Waals surface area contributed by atoms with Gasteiger partial charge in [-0.25, -0.2) is 0 Å². The molecule has 6 heteroatoms. The molecule has 1 aromatic carbocycles. The van der Waals surface area contributed by atoms with Crippen molar-refractivity contribution >= 4 is 23.0 Å². The van der Waals surface area contributed by atoms with E-state index in [1.807, 2.05) is 0 Å². The first-order valence-corrected chi connectivity index (χ1v) is 6.70. The van der Waals surface area contributed by atoms with Crippen molar-refractivity contribution in [2.24, 2.45) is 0 Å². The summed E-state index contributed by atoms with van der Waals surface area (Å²) in [4.78, 5) is 24.1. The molecule has 1 heterocycles. The largest absolute Gasteiger partial charge is 0.497 e. The summed E-state index contributed by atoms with van der Waals surface area (Å²) >= 11 is 1.21. The van der Waals surface area contributed by atoms with Gasteiger partial charge in [-0.15, -0.1) is 11.3 Å². The molecule has 1 amide bonds. The van der Waals surface area contributed by atoms with Gasteiger partial charge >= 0.3 is 0 Å². The first-order chi connectivity index (χ1) is 9.61.